The third-order valence-electron chi connectivity index (χ3n) is 17.6. The van der Waals surface area contributed by atoms with Crippen molar-refractivity contribution in [2.24, 2.45) is 0 Å². The number of hydrogen-bond acceptors (Lipinski definition) is 4. The number of pyridine rings is 1. The number of hydrogen-bond donors (Lipinski definition) is 0. The second-order valence-electron chi connectivity index (χ2n) is 25.3. The van der Waals surface area contributed by atoms with E-state index in [1.807, 2.05) is 68.3 Å². The molecule has 0 spiro atoms. The maximum absolute atomic E-state index is 16.6. The fourth-order valence-corrected chi connectivity index (χ4v) is 13.4. The standard InChI is InChI=1S/C74H65F6N4O.Pt/c1-73(2,3)47-30-31-81-68(36-47)84-64-25-14-13-22-56(64)57-29-28-52(42-67(57)84)85-53-33-46(69-54(44-18-9-7-10-19-44)23-17-24-55(69)45-20-11-8-12-21-45)32-51(41-53)82-43-83(66-27-16-15-26-65(66)82)72-58(70-60(77)37-49(75)38-61(70)78)34-48(74(4,5)6)35-59(72)71-62(79)39-50(76)40-63(71)80;/h13-17,22-40,43-45H,7-12,18-21H2,1-6H3;/q-3;. The first-order valence-corrected chi connectivity index (χ1v) is 29.7. The number of para-hydroxylation sites is 3. The van der Waals surface area contributed by atoms with E-state index in [0.717, 1.165) is 90.1 Å². The van der Waals surface area contributed by atoms with Gasteiger partial charge in [-0.3, -0.25) is 0 Å². The van der Waals surface area contributed by atoms with Gasteiger partial charge >= 0.3 is 0 Å². The van der Waals surface area contributed by atoms with Gasteiger partial charge in [0.15, 0.2) is 0 Å². The average molecular weight is 1340 g/mol. The Hall–Kier alpha value is -7.62. The fraction of sp³-hybridized carbons (Fsp3) is 0.270. The fourth-order valence-electron chi connectivity index (χ4n) is 13.4. The van der Waals surface area contributed by atoms with Crippen molar-refractivity contribution >= 4 is 44.6 Å². The van der Waals surface area contributed by atoms with Gasteiger partial charge in [0.25, 0.3) is 0 Å². The van der Waals surface area contributed by atoms with Crippen molar-refractivity contribution in [2.75, 3.05) is 9.80 Å². The van der Waals surface area contributed by atoms with E-state index >= 15 is 17.6 Å². The Morgan fingerprint density at radius 1 is 0.512 bits per heavy atom. The van der Waals surface area contributed by atoms with Crippen molar-refractivity contribution in [1.29, 1.82) is 0 Å². The third kappa shape index (κ3) is 10.9. The van der Waals surface area contributed by atoms with Crippen molar-refractivity contribution in [2.45, 2.75) is 128 Å². The molecule has 2 aromatic heterocycles. The van der Waals surface area contributed by atoms with Crippen molar-refractivity contribution in [3.63, 3.8) is 0 Å². The number of nitrogens with zero attached hydrogens (tertiary/aromatic N) is 4. The molecule has 0 saturated heterocycles. The normalized spacial score (nSPS) is 15.2. The number of halogens is 6. The van der Waals surface area contributed by atoms with Gasteiger partial charge in [0.2, 0.25) is 0 Å². The quantitative estimate of drug-likeness (QED) is 0.101. The van der Waals surface area contributed by atoms with Crippen LogP contribution in [0, 0.1) is 53.7 Å². The van der Waals surface area contributed by atoms with Gasteiger partial charge in [0, 0.05) is 96.7 Å². The number of ether oxygens (including phenoxy) is 1. The minimum Gasteiger partial charge on any atom is -0.509 e. The molecule has 442 valence electrons. The molecule has 10 aromatic rings. The SMILES string of the molecule is CC(C)(C)c1ccnc(-n2c3[c-]c(Oc4[c-]c(N5[CH-]N(c6c(-c7c(F)cc(F)cc7F)cc(C(C)(C)C)cc6-c6c(F)cc(F)cc6F)c6ccccc65)cc(-c5c(C6CCCCC6)cccc5C5CCCCC5)c4)ccc3c3ccccc32)c1.[Pt]. The molecule has 2 saturated carbocycles. The predicted octanol–water partition coefficient (Wildman–Crippen LogP) is 21.5. The zero-order chi connectivity index (χ0) is 59.1. The maximum atomic E-state index is 16.6. The summed E-state index contributed by atoms with van der Waals surface area (Å²) in [6, 6.07) is 47.6. The number of fused-ring (bicyclic) bond motifs is 4. The van der Waals surface area contributed by atoms with E-state index in [1.54, 1.807) is 29.8 Å². The van der Waals surface area contributed by atoms with Crippen LogP contribution in [0.15, 0.2) is 146 Å². The van der Waals surface area contributed by atoms with Crippen LogP contribution in [0.1, 0.15) is 140 Å². The average Bonchev–Trinajstić information content (AvgIpc) is 2.37. The number of aromatic nitrogens is 2. The smallest absolute Gasteiger partial charge is 0.136 e. The zero-order valence-electron chi connectivity index (χ0n) is 48.9. The van der Waals surface area contributed by atoms with Crippen molar-refractivity contribution in [3.8, 4) is 50.7 Å². The number of rotatable bonds is 10. The van der Waals surface area contributed by atoms with Crippen molar-refractivity contribution in [1.82, 2.24) is 9.55 Å². The minimum absolute atomic E-state index is 0. The summed E-state index contributed by atoms with van der Waals surface area (Å²) in [4.78, 5) is 8.45. The van der Waals surface area contributed by atoms with E-state index < -0.39 is 51.4 Å². The number of benzene rings is 8. The van der Waals surface area contributed by atoms with Crippen LogP contribution in [0.4, 0.5) is 49.1 Å². The Bertz CT molecular complexity index is 4080. The van der Waals surface area contributed by atoms with Crippen molar-refractivity contribution in [3.05, 3.63) is 222 Å². The molecule has 8 aromatic carbocycles. The maximum Gasteiger partial charge on any atom is 0.136 e. The van der Waals surface area contributed by atoms with Gasteiger partial charge < -0.3 is 19.1 Å². The Morgan fingerprint density at radius 3 is 1.63 bits per heavy atom. The van der Waals surface area contributed by atoms with E-state index in [-0.39, 0.29) is 43.3 Å². The van der Waals surface area contributed by atoms with Crippen LogP contribution in [-0.2, 0) is 31.9 Å². The minimum atomic E-state index is -1.22. The van der Waals surface area contributed by atoms with Gasteiger partial charge in [-0.1, -0.05) is 134 Å². The first kappa shape index (κ1) is 58.7. The topological polar surface area (TPSA) is 33.5 Å². The van der Waals surface area contributed by atoms with Crippen molar-refractivity contribution < 1.29 is 52.1 Å². The van der Waals surface area contributed by atoms with E-state index in [0.29, 0.717) is 70.2 Å². The van der Waals surface area contributed by atoms with E-state index in [4.69, 9.17) is 9.72 Å². The summed E-state index contributed by atoms with van der Waals surface area (Å²) in [5, 5.41) is 2.01. The molecule has 2 aliphatic carbocycles. The molecular formula is C74H65F6N4OPt-3. The summed E-state index contributed by atoms with van der Waals surface area (Å²) in [7, 11) is 0. The molecule has 13 rings (SSSR count). The molecule has 2 fully saturated rings. The molecule has 0 unspecified atom stereocenters. The monoisotopic (exact) mass is 1330 g/mol. The van der Waals surface area contributed by atoms with Gasteiger partial charge in [-0.25, -0.2) is 31.3 Å². The summed E-state index contributed by atoms with van der Waals surface area (Å²) in [5.41, 5.74) is 7.21. The molecule has 1 aliphatic heterocycles. The van der Waals surface area contributed by atoms with Crippen LogP contribution in [0.25, 0.3) is 61.0 Å². The summed E-state index contributed by atoms with van der Waals surface area (Å²) in [6.07, 6.45) is 13.1. The number of anilines is 4. The molecule has 0 atom stereocenters. The van der Waals surface area contributed by atoms with Gasteiger partial charge in [-0.05, 0) is 124 Å². The third-order valence-corrected chi connectivity index (χ3v) is 17.6. The van der Waals surface area contributed by atoms with Crippen LogP contribution in [0.5, 0.6) is 11.5 Å². The summed E-state index contributed by atoms with van der Waals surface area (Å²) >= 11 is 0. The molecule has 3 aliphatic rings. The first-order chi connectivity index (χ1) is 40.9. The predicted molar refractivity (Wildman–Crippen MR) is 329 cm³/mol. The summed E-state index contributed by atoms with van der Waals surface area (Å²) in [5.74, 6) is -4.95. The van der Waals surface area contributed by atoms with E-state index in [1.165, 1.54) is 29.5 Å². The molecule has 0 bridgehead atoms. The zero-order valence-corrected chi connectivity index (χ0v) is 51.2. The molecule has 0 radical (unpaired) electrons. The molecular weight excluding hydrogens is 1270 g/mol. The Kier molecular flexibility index (Phi) is 15.9. The molecule has 0 amide bonds. The Balaban J connectivity index is 0.00000724. The van der Waals surface area contributed by atoms with Gasteiger partial charge in [-0.2, -0.15) is 6.07 Å². The largest absolute Gasteiger partial charge is 0.509 e. The van der Waals surface area contributed by atoms with Crippen LogP contribution >= 0.6 is 0 Å². The first-order valence-electron chi connectivity index (χ1n) is 29.7. The van der Waals surface area contributed by atoms with E-state index in [2.05, 4.69) is 98.1 Å². The summed E-state index contributed by atoms with van der Waals surface area (Å²) < 4.78 is 105. The van der Waals surface area contributed by atoms with Crippen LogP contribution in [0.2, 0.25) is 0 Å². The van der Waals surface area contributed by atoms with Gasteiger partial charge in [0.1, 0.15) is 40.7 Å². The summed E-state index contributed by atoms with van der Waals surface area (Å²) in [6.45, 7) is 13.8. The van der Waals surface area contributed by atoms with Crippen LogP contribution in [-0.4, -0.2) is 9.55 Å². The Morgan fingerprint density at radius 2 is 1.06 bits per heavy atom. The second-order valence-corrected chi connectivity index (χ2v) is 25.3. The van der Waals surface area contributed by atoms with Crippen LogP contribution in [0.3, 0.4) is 0 Å². The van der Waals surface area contributed by atoms with Gasteiger partial charge in [0.05, 0.1) is 11.1 Å². The molecule has 12 heteroatoms. The molecule has 5 nitrogen and oxygen atoms in total. The van der Waals surface area contributed by atoms with E-state index in [9.17, 15) is 8.78 Å². The van der Waals surface area contributed by atoms with Crippen LogP contribution < -0.4 is 14.5 Å². The second kappa shape index (κ2) is 23.2. The molecule has 86 heavy (non-hydrogen) atoms. The Labute approximate surface area is 513 Å². The van der Waals surface area contributed by atoms with Gasteiger partial charge in [-0.15, -0.1) is 53.6 Å². The molecule has 0 N–H and O–H groups in total. The molecule has 3 heterocycles.